The summed E-state index contributed by atoms with van der Waals surface area (Å²) in [6.45, 7) is 1.52. The Morgan fingerprint density at radius 1 is 1.33 bits per heavy atom. The number of cyclic esters (lactones) is 1. The number of aliphatic hydroxyl groups is 2. The number of hydrogen-bond acceptors (Lipinski definition) is 7. The van der Waals surface area contributed by atoms with Crippen molar-refractivity contribution in [3.8, 4) is 0 Å². The molecule has 1 aliphatic carbocycles. The van der Waals surface area contributed by atoms with Crippen LogP contribution in [0, 0.1) is 11.7 Å². The van der Waals surface area contributed by atoms with Gasteiger partial charge in [-0.15, -0.1) is 5.10 Å². The Labute approximate surface area is 212 Å². The van der Waals surface area contributed by atoms with Crippen molar-refractivity contribution in [2.24, 2.45) is 5.92 Å². The number of halogens is 2. The molecule has 1 aromatic carbocycles. The van der Waals surface area contributed by atoms with Crippen molar-refractivity contribution in [3.63, 3.8) is 0 Å². The zero-order chi connectivity index (χ0) is 25.4. The SMILES string of the molecule is CC(O)c1ccc(CCC2(C3CCCC3)CC(O)=C(Cc3nc4ncc(Cl)cn4n3)C(=O)O2)cc1F. The number of fused-ring (bicyclic) bond motifs is 1. The zero-order valence-electron chi connectivity index (χ0n) is 20.0. The minimum absolute atomic E-state index is 0.0123. The van der Waals surface area contributed by atoms with Gasteiger partial charge in [-0.05, 0) is 50.2 Å². The second-order valence-corrected chi connectivity index (χ2v) is 10.2. The number of ether oxygens (including phenoxy) is 1. The summed E-state index contributed by atoms with van der Waals surface area (Å²) in [4.78, 5) is 21.6. The number of esters is 1. The highest BCUT2D eigenvalue weighted by molar-refractivity contribution is 6.30. The summed E-state index contributed by atoms with van der Waals surface area (Å²) in [7, 11) is 0. The van der Waals surface area contributed by atoms with Crippen LogP contribution >= 0.6 is 11.6 Å². The number of hydrogen-bond donors (Lipinski definition) is 2. The Kier molecular flexibility index (Phi) is 6.70. The Bertz CT molecular complexity index is 1330. The number of benzene rings is 1. The summed E-state index contributed by atoms with van der Waals surface area (Å²) in [5.74, 6) is -0.270. The molecule has 8 nitrogen and oxygen atoms in total. The third-order valence-corrected chi connectivity index (χ3v) is 7.54. The van der Waals surface area contributed by atoms with E-state index in [1.165, 1.54) is 23.7 Å². The molecule has 3 heterocycles. The quantitative estimate of drug-likeness (QED) is 0.434. The van der Waals surface area contributed by atoms with E-state index < -0.39 is 23.5 Å². The second-order valence-electron chi connectivity index (χ2n) is 9.79. The molecule has 1 aliphatic heterocycles. The number of carbonyl (C=O) groups excluding carboxylic acids is 1. The lowest BCUT2D eigenvalue weighted by Crippen LogP contribution is -2.46. The fourth-order valence-corrected chi connectivity index (χ4v) is 5.58. The summed E-state index contributed by atoms with van der Waals surface area (Å²) in [6.07, 6.45) is 7.18. The van der Waals surface area contributed by atoms with E-state index in [2.05, 4.69) is 15.1 Å². The molecule has 1 fully saturated rings. The van der Waals surface area contributed by atoms with Crippen molar-refractivity contribution in [2.45, 2.75) is 70.0 Å². The van der Waals surface area contributed by atoms with Crippen LogP contribution in [0.2, 0.25) is 5.02 Å². The van der Waals surface area contributed by atoms with E-state index in [9.17, 15) is 19.4 Å². The lowest BCUT2D eigenvalue weighted by atomic mass is 9.76. The third-order valence-electron chi connectivity index (χ3n) is 7.35. The lowest BCUT2D eigenvalue weighted by molar-refractivity contribution is -0.167. The van der Waals surface area contributed by atoms with Gasteiger partial charge in [0, 0.05) is 18.4 Å². The summed E-state index contributed by atoms with van der Waals surface area (Å²) in [5, 5.41) is 25.5. The van der Waals surface area contributed by atoms with Gasteiger partial charge in [0.15, 0.2) is 5.82 Å². The van der Waals surface area contributed by atoms with Crippen molar-refractivity contribution in [1.82, 2.24) is 19.6 Å². The molecule has 10 heteroatoms. The van der Waals surface area contributed by atoms with Crippen LogP contribution in [-0.4, -0.2) is 41.4 Å². The van der Waals surface area contributed by atoms with Crippen LogP contribution in [0.4, 0.5) is 4.39 Å². The van der Waals surface area contributed by atoms with Gasteiger partial charge in [0.25, 0.3) is 5.78 Å². The number of aromatic nitrogens is 4. The van der Waals surface area contributed by atoms with Crippen molar-refractivity contribution in [2.75, 3.05) is 0 Å². The molecule has 0 radical (unpaired) electrons. The van der Waals surface area contributed by atoms with Crippen LogP contribution in [0.1, 0.15) is 68.5 Å². The Hall–Kier alpha value is -3.04. The first kappa shape index (κ1) is 24.6. The van der Waals surface area contributed by atoms with E-state index in [1.54, 1.807) is 18.3 Å². The van der Waals surface area contributed by atoms with E-state index >= 15 is 0 Å². The average Bonchev–Trinajstić information content (AvgIpc) is 3.50. The molecule has 0 saturated heterocycles. The van der Waals surface area contributed by atoms with Gasteiger partial charge in [0.1, 0.15) is 17.2 Å². The fraction of sp³-hybridized carbons (Fsp3) is 0.462. The molecule has 190 valence electrons. The molecule has 2 aliphatic rings. The maximum Gasteiger partial charge on any atom is 0.338 e. The maximum atomic E-state index is 14.4. The van der Waals surface area contributed by atoms with Crippen molar-refractivity contribution in [1.29, 1.82) is 0 Å². The zero-order valence-corrected chi connectivity index (χ0v) is 20.7. The molecule has 2 unspecified atom stereocenters. The summed E-state index contributed by atoms with van der Waals surface area (Å²) in [6, 6.07) is 4.80. The van der Waals surface area contributed by atoms with Crippen LogP contribution < -0.4 is 0 Å². The van der Waals surface area contributed by atoms with Gasteiger partial charge in [-0.3, -0.25) is 0 Å². The van der Waals surface area contributed by atoms with Crippen LogP contribution in [0.3, 0.4) is 0 Å². The Morgan fingerprint density at radius 2 is 2.11 bits per heavy atom. The maximum absolute atomic E-state index is 14.4. The minimum Gasteiger partial charge on any atom is -0.512 e. The molecule has 3 aromatic rings. The molecule has 36 heavy (non-hydrogen) atoms. The number of rotatable bonds is 7. The molecule has 5 rings (SSSR count). The van der Waals surface area contributed by atoms with E-state index in [0.717, 1.165) is 31.2 Å². The Balaban J connectivity index is 1.38. The van der Waals surface area contributed by atoms with Crippen LogP contribution in [0.25, 0.3) is 5.78 Å². The Morgan fingerprint density at radius 3 is 2.81 bits per heavy atom. The first-order chi connectivity index (χ1) is 17.2. The first-order valence-electron chi connectivity index (χ1n) is 12.2. The van der Waals surface area contributed by atoms with Gasteiger partial charge in [-0.1, -0.05) is 36.6 Å². The highest BCUT2D eigenvalue weighted by atomic mass is 35.5. The molecule has 2 N–H and O–H groups in total. The lowest BCUT2D eigenvalue weighted by Gasteiger charge is -2.41. The molecule has 2 atom stereocenters. The topological polar surface area (TPSA) is 110 Å². The second kappa shape index (κ2) is 9.78. The van der Waals surface area contributed by atoms with E-state index in [4.69, 9.17) is 16.3 Å². The predicted molar refractivity (Wildman–Crippen MR) is 130 cm³/mol. The molecule has 1 saturated carbocycles. The molecular formula is C26H28ClFN4O4. The van der Waals surface area contributed by atoms with Crippen LogP contribution in [0.15, 0.2) is 41.9 Å². The number of carbonyl (C=O) groups is 1. The highest BCUT2D eigenvalue weighted by Gasteiger charge is 2.48. The molecule has 2 aromatic heterocycles. The van der Waals surface area contributed by atoms with Gasteiger partial charge in [-0.2, -0.15) is 4.98 Å². The number of aryl methyl sites for hydroxylation is 1. The van der Waals surface area contributed by atoms with E-state index in [-0.39, 0.29) is 35.7 Å². The predicted octanol–water partition coefficient (Wildman–Crippen LogP) is 4.83. The molecule has 0 amide bonds. The van der Waals surface area contributed by atoms with E-state index in [0.29, 0.717) is 29.5 Å². The summed E-state index contributed by atoms with van der Waals surface area (Å²) < 4.78 is 22.0. The van der Waals surface area contributed by atoms with Gasteiger partial charge >= 0.3 is 5.97 Å². The molecular weight excluding hydrogens is 487 g/mol. The van der Waals surface area contributed by atoms with Gasteiger partial charge in [0.2, 0.25) is 0 Å². The smallest absolute Gasteiger partial charge is 0.338 e. The van der Waals surface area contributed by atoms with Gasteiger partial charge in [0.05, 0.1) is 29.1 Å². The number of aliphatic hydroxyl groups excluding tert-OH is 2. The van der Waals surface area contributed by atoms with Crippen LogP contribution in [0.5, 0.6) is 0 Å². The molecule has 0 bridgehead atoms. The monoisotopic (exact) mass is 514 g/mol. The van der Waals surface area contributed by atoms with Gasteiger partial charge < -0.3 is 14.9 Å². The van der Waals surface area contributed by atoms with Crippen molar-refractivity contribution in [3.05, 3.63) is 69.7 Å². The summed E-state index contributed by atoms with van der Waals surface area (Å²) in [5.41, 5.74) is 0.274. The highest BCUT2D eigenvalue weighted by Crippen LogP contribution is 2.46. The first-order valence-corrected chi connectivity index (χ1v) is 12.6. The van der Waals surface area contributed by atoms with E-state index in [1.807, 2.05) is 0 Å². The standard InChI is InChI=1S/C26H28ClFN4O4/c1-15(33)19-7-6-16(10-21(19)28)8-9-26(17-4-2-3-5-17)12-22(34)20(24(35)36-26)11-23-30-25-29-13-18(27)14-32(25)31-23/h6-7,10,13-15,17,33-34H,2-5,8-9,11-12H2,1H3. The fourth-order valence-electron chi connectivity index (χ4n) is 5.44. The minimum atomic E-state index is -0.890. The average molecular weight is 515 g/mol. The normalized spacial score (nSPS) is 21.8. The summed E-state index contributed by atoms with van der Waals surface area (Å²) >= 11 is 5.96. The largest absolute Gasteiger partial charge is 0.512 e. The molecule has 0 spiro atoms. The third kappa shape index (κ3) is 4.82. The van der Waals surface area contributed by atoms with Crippen molar-refractivity contribution < 1.29 is 24.1 Å². The van der Waals surface area contributed by atoms with Crippen LogP contribution in [-0.2, 0) is 22.4 Å². The van der Waals surface area contributed by atoms with Crippen molar-refractivity contribution >= 4 is 23.3 Å². The van der Waals surface area contributed by atoms with Gasteiger partial charge in [-0.25, -0.2) is 18.7 Å². The number of nitrogens with zero attached hydrogens (tertiary/aromatic N) is 4.